The van der Waals surface area contributed by atoms with Gasteiger partial charge >= 0.3 is 0 Å². The number of carbonyl (C=O) groups excluding carboxylic acids is 1. The van der Waals surface area contributed by atoms with Crippen molar-refractivity contribution in [2.24, 2.45) is 0 Å². The lowest BCUT2D eigenvalue weighted by atomic mass is 10.1. The fourth-order valence-electron chi connectivity index (χ4n) is 1.94. The summed E-state index contributed by atoms with van der Waals surface area (Å²) in [4.78, 5) is 16.3. The summed E-state index contributed by atoms with van der Waals surface area (Å²) < 4.78 is 18.4. The van der Waals surface area contributed by atoms with Crippen LogP contribution in [0.1, 0.15) is 16.2 Å². The molecule has 0 amide bonds. The smallest absolute Gasteiger partial charge is 0.208 e. The second-order valence-corrected chi connectivity index (χ2v) is 6.40. The van der Waals surface area contributed by atoms with Crippen LogP contribution in [0.3, 0.4) is 0 Å². The molecule has 0 saturated heterocycles. The number of hydrogen-bond acceptors (Lipinski definition) is 5. The third-order valence-corrected chi connectivity index (χ3v) is 4.30. The predicted octanol–water partition coefficient (Wildman–Crippen LogP) is 4.15. The van der Waals surface area contributed by atoms with Crippen molar-refractivity contribution in [3.05, 3.63) is 70.8 Å². The molecule has 0 bridgehead atoms. The van der Waals surface area contributed by atoms with Gasteiger partial charge in [0.25, 0.3) is 0 Å². The van der Waals surface area contributed by atoms with Crippen molar-refractivity contribution in [2.45, 2.75) is 11.8 Å². The van der Waals surface area contributed by atoms with E-state index in [1.807, 2.05) is 0 Å². The summed E-state index contributed by atoms with van der Waals surface area (Å²) in [6.07, 6.45) is 0. The van der Waals surface area contributed by atoms with Gasteiger partial charge in [0.15, 0.2) is 11.6 Å². The molecule has 0 aliphatic heterocycles. The molecule has 0 aliphatic rings. The Balaban J connectivity index is 1.50. The second-order valence-electron chi connectivity index (χ2n) is 5.03. The fraction of sp³-hybridized carbons (Fsp3) is 0.118. The maximum absolute atomic E-state index is 12.9. The number of benzene rings is 2. The van der Waals surface area contributed by atoms with Crippen LogP contribution in [-0.2, 0) is 6.61 Å². The number of thioether (sulfide) groups is 1. The molecule has 25 heavy (non-hydrogen) atoms. The van der Waals surface area contributed by atoms with Gasteiger partial charge in [-0.1, -0.05) is 23.4 Å². The van der Waals surface area contributed by atoms with Crippen LogP contribution in [-0.4, -0.2) is 26.7 Å². The molecule has 0 atom stereocenters. The maximum atomic E-state index is 12.9. The molecule has 3 aromatic rings. The lowest BCUT2D eigenvalue weighted by molar-refractivity contribution is 0.102. The van der Waals surface area contributed by atoms with Crippen LogP contribution in [0.5, 0.6) is 5.75 Å². The zero-order valence-corrected chi connectivity index (χ0v) is 14.5. The second kappa shape index (κ2) is 8.13. The van der Waals surface area contributed by atoms with Gasteiger partial charge in [0.1, 0.15) is 18.2 Å². The van der Waals surface area contributed by atoms with Crippen LogP contribution >= 0.6 is 23.4 Å². The number of aromatic amines is 1. The molecular weight excluding hydrogens is 365 g/mol. The summed E-state index contributed by atoms with van der Waals surface area (Å²) in [6, 6.07) is 12.4. The van der Waals surface area contributed by atoms with Gasteiger partial charge in [0, 0.05) is 10.6 Å². The SMILES string of the molecule is O=C(CSc1n[nH]c(COc2ccc(Cl)cc2)n1)c1ccc(F)cc1. The largest absolute Gasteiger partial charge is 0.486 e. The summed E-state index contributed by atoms with van der Waals surface area (Å²) in [6.45, 7) is 0.223. The van der Waals surface area contributed by atoms with E-state index in [4.69, 9.17) is 16.3 Å². The van der Waals surface area contributed by atoms with E-state index in [2.05, 4.69) is 15.2 Å². The fourth-order valence-corrected chi connectivity index (χ4v) is 2.78. The quantitative estimate of drug-likeness (QED) is 0.495. The van der Waals surface area contributed by atoms with Gasteiger partial charge in [-0.2, -0.15) is 0 Å². The molecule has 0 spiro atoms. The number of Topliss-reactive ketones (excluding diaryl/α,β-unsaturated/α-hetero) is 1. The maximum Gasteiger partial charge on any atom is 0.208 e. The van der Waals surface area contributed by atoms with E-state index in [1.54, 1.807) is 24.3 Å². The first-order valence-corrected chi connectivity index (χ1v) is 8.68. The minimum absolute atomic E-state index is 0.117. The zero-order chi connectivity index (χ0) is 17.6. The molecule has 2 aromatic carbocycles. The number of nitrogens with one attached hydrogen (secondary N) is 1. The average molecular weight is 378 g/mol. The number of carbonyl (C=O) groups is 1. The number of halogens is 2. The van der Waals surface area contributed by atoms with Gasteiger partial charge in [-0.25, -0.2) is 9.37 Å². The van der Waals surface area contributed by atoms with Crippen molar-refractivity contribution in [3.8, 4) is 5.75 Å². The molecule has 1 heterocycles. The lowest BCUT2D eigenvalue weighted by Gasteiger charge is -2.03. The molecular formula is C17H13ClFN3O2S. The molecule has 1 N–H and O–H groups in total. The molecule has 0 radical (unpaired) electrons. The van der Waals surface area contributed by atoms with Crippen molar-refractivity contribution in [1.82, 2.24) is 15.2 Å². The van der Waals surface area contributed by atoms with E-state index in [0.29, 0.717) is 27.3 Å². The predicted molar refractivity (Wildman–Crippen MR) is 93.6 cm³/mol. The Morgan fingerprint density at radius 1 is 1.16 bits per heavy atom. The van der Waals surface area contributed by atoms with Crippen LogP contribution in [0.2, 0.25) is 5.02 Å². The highest BCUT2D eigenvalue weighted by atomic mass is 35.5. The van der Waals surface area contributed by atoms with Gasteiger partial charge in [0.2, 0.25) is 5.16 Å². The van der Waals surface area contributed by atoms with Crippen LogP contribution in [0.15, 0.2) is 53.7 Å². The number of ether oxygens (including phenoxy) is 1. The highest BCUT2D eigenvalue weighted by Gasteiger charge is 2.10. The molecule has 0 unspecified atom stereocenters. The van der Waals surface area contributed by atoms with E-state index in [-0.39, 0.29) is 24.0 Å². The number of hydrogen-bond donors (Lipinski definition) is 1. The first kappa shape index (κ1) is 17.4. The van der Waals surface area contributed by atoms with Gasteiger partial charge in [-0.3, -0.25) is 9.89 Å². The molecule has 8 heteroatoms. The Hall–Kier alpha value is -2.38. The summed E-state index contributed by atoms with van der Waals surface area (Å²) >= 11 is 7.01. The first-order chi connectivity index (χ1) is 12.1. The number of ketones is 1. The lowest BCUT2D eigenvalue weighted by Crippen LogP contribution is -2.02. The summed E-state index contributed by atoms with van der Waals surface area (Å²) in [7, 11) is 0. The van der Waals surface area contributed by atoms with Crippen molar-refractivity contribution in [1.29, 1.82) is 0 Å². The Morgan fingerprint density at radius 3 is 2.60 bits per heavy atom. The molecule has 3 rings (SSSR count). The molecule has 0 fully saturated rings. The third kappa shape index (κ3) is 5.04. The van der Waals surface area contributed by atoms with Crippen molar-refractivity contribution in [3.63, 3.8) is 0 Å². The topological polar surface area (TPSA) is 67.9 Å². The van der Waals surface area contributed by atoms with E-state index in [1.165, 1.54) is 36.0 Å². The molecule has 5 nitrogen and oxygen atoms in total. The van der Waals surface area contributed by atoms with E-state index in [0.717, 1.165) is 0 Å². The van der Waals surface area contributed by atoms with Crippen LogP contribution in [0.25, 0.3) is 0 Å². The number of rotatable bonds is 7. The highest BCUT2D eigenvalue weighted by molar-refractivity contribution is 7.99. The van der Waals surface area contributed by atoms with Crippen molar-refractivity contribution < 1.29 is 13.9 Å². The monoisotopic (exact) mass is 377 g/mol. The van der Waals surface area contributed by atoms with Crippen LogP contribution in [0.4, 0.5) is 4.39 Å². The average Bonchev–Trinajstić information content (AvgIpc) is 3.08. The van der Waals surface area contributed by atoms with Gasteiger partial charge in [-0.05, 0) is 48.5 Å². The molecule has 1 aromatic heterocycles. The Labute approximate surface area is 152 Å². The van der Waals surface area contributed by atoms with Crippen molar-refractivity contribution >= 4 is 29.1 Å². The van der Waals surface area contributed by atoms with Crippen molar-refractivity contribution in [2.75, 3.05) is 5.75 Å². The standard InChI is InChI=1S/C17H13ClFN3O2S/c18-12-3-7-14(8-4-12)24-9-16-20-17(22-21-16)25-10-15(23)11-1-5-13(19)6-2-11/h1-8H,9-10H2,(H,20,21,22). The minimum atomic E-state index is -0.372. The van der Waals surface area contributed by atoms with Crippen LogP contribution < -0.4 is 4.74 Å². The Kier molecular flexibility index (Phi) is 5.67. The Morgan fingerprint density at radius 2 is 1.88 bits per heavy atom. The summed E-state index contributed by atoms with van der Waals surface area (Å²) in [5.74, 6) is 0.895. The van der Waals surface area contributed by atoms with Gasteiger partial charge < -0.3 is 4.74 Å². The molecule has 0 aliphatic carbocycles. The first-order valence-electron chi connectivity index (χ1n) is 7.31. The minimum Gasteiger partial charge on any atom is -0.486 e. The zero-order valence-electron chi connectivity index (χ0n) is 12.9. The van der Waals surface area contributed by atoms with E-state index in [9.17, 15) is 9.18 Å². The molecule has 128 valence electrons. The summed E-state index contributed by atoms with van der Waals surface area (Å²) in [5, 5.41) is 7.89. The van der Waals surface area contributed by atoms with Gasteiger partial charge in [-0.15, -0.1) is 5.10 Å². The normalized spacial score (nSPS) is 10.6. The Bertz CT molecular complexity index is 853. The third-order valence-electron chi connectivity index (χ3n) is 3.20. The van der Waals surface area contributed by atoms with Gasteiger partial charge in [0.05, 0.1) is 5.75 Å². The number of nitrogens with zero attached hydrogens (tertiary/aromatic N) is 2. The highest BCUT2D eigenvalue weighted by Crippen LogP contribution is 2.18. The number of H-pyrrole nitrogens is 1. The van der Waals surface area contributed by atoms with E-state index >= 15 is 0 Å². The molecule has 0 saturated carbocycles. The van der Waals surface area contributed by atoms with E-state index < -0.39 is 0 Å². The number of aromatic nitrogens is 3. The van der Waals surface area contributed by atoms with Crippen LogP contribution in [0, 0.1) is 5.82 Å². The summed E-state index contributed by atoms with van der Waals surface area (Å²) in [5.41, 5.74) is 0.454.